The summed E-state index contributed by atoms with van der Waals surface area (Å²) in [5, 5.41) is 0. The van der Waals surface area contributed by atoms with Gasteiger partial charge in [0.2, 0.25) is 10.0 Å². The molecule has 134 valence electrons. The summed E-state index contributed by atoms with van der Waals surface area (Å²) in [4.78, 5) is 0.301. The van der Waals surface area contributed by atoms with Gasteiger partial charge in [-0.15, -0.1) is 0 Å². The van der Waals surface area contributed by atoms with E-state index in [9.17, 15) is 8.42 Å². The molecule has 6 heteroatoms. The predicted octanol–water partition coefficient (Wildman–Crippen LogP) is 3.32. The molecule has 1 aliphatic rings. The molecule has 0 aliphatic carbocycles. The van der Waals surface area contributed by atoms with Crippen molar-refractivity contribution in [3.8, 4) is 11.5 Å². The molecule has 1 heterocycles. The minimum absolute atomic E-state index is 0.220. The second kappa shape index (κ2) is 6.69. The molecule has 0 radical (unpaired) electrons. The van der Waals surface area contributed by atoms with Crippen LogP contribution in [0.3, 0.4) is 0 Å². The van der Waals surface area contributed by atoms with Gasteiger partial charge in [0.1, 0.15) is 11.5 Å². The van der Waals surface area contributed by atoms with Gasteiger partial charge in [-0.05, 0) is 67.3 Å². The van der Waals surface area contributed by atoms with Gasteiger partial charge in [-0.25, -0.2) is 8.42 Å². The van der Waals surface area contributed by atoms with Gasteiger partial charge in [-0.1, -0.05) is 6.07 Å². The van der Waals surface area contributed by atoms with E-state index in [0.717, 1.165) is 22.4 Å². The summed E-state index contributed by atoms with van der Waals surface area (Å²) >= 11 is 0. The highest BCUT2D eigenvalue weighted by Crippen LogP contribution is 2.36. The fourth-order valence-electron chi connectivity index (χ4n) is 3.39. The molecule has 0 fully saturated rings. The molecule has 0 spiro atoms. The number of hydrogen-bond donors (Lipinski definition) is 0. The van der Waals surface area contributed by atoms with Crippen LogP contribution >= 0.6 is 0 Å². The SMILES string of the molecule is COc1ccc2c(c1)CCN(S(=O)(=O)c1ccc(OC)c(C)c1)C2C. The molecule has 2 aromatic carbocycles. The van der Waals surface area contributed by atoms with E-state index in [1.165, 1.54) is 0 Å². The summed E-state index contributed by atoms with van der Waals surface area (Å²) in [6, 6.07) is 10.6. The van der Waals surface area contributed by atoms with Crippen molar-refractivity contribution < 1.29 is 17.9 Å². The van der Waals surface area contributed by atoms with Crippen molar-refractivity contribution in [2.24, 2.45) is 0 Å². The summed E-state index contributed by atoms with van der Waals surface area (Å²) in [7, 11) is -0.357. The van der Waals surface area contributed by atoms with Crippen LogP contribution in [0.15, 0.2) is 41.3 Å². The van der Waals surface area contributed by atoms with Crippen LogP contribution < -0.4 is 9.47 Å². The Hall–Kier alpha value is -2.05. The highest BCUT2D eigenvalue weighted by atomic mass is 32.2. The molecule has 0 aromatic heterocycles. The first kappa shape index (κ1) is 17.8. The maximum atomic E-state index is 13.1. The van der Waals surface area contributed by atoms with Crippen LogP contribution in [0.4, 0.5) is 0 Å². The Bertz CT molecular complexity index is 892. The molecule has 0 bridgehead atoms. The van der Waals surface area contributed by atoms with E-state index >= 15 is 0 Å². The standard InChI is InChI=1S/C19H23NO4S/c1-13-11-17(6-8-19(13)24-4)25(21,22)20-10-9-15-12-16(23-3)5-7-18(15)14(20)2/h5-8,11-12,14H,9-10H2,1-4H3. The van der Waals surface area contributed by atoms with E-state index in [2.05, 4.69) is 0 Å². The fourth-order valence-corrected chi connectivity index (χ4v) is 5.09. The molecule has 1 atom stereocenters. The first-order valence-corrected chi connectivity index (χ1v) is 9.65. The second-order valence-corrected chi connectivity index (χ2v) is 8.13. The van der Waals surface area contributed by atoms with E-state index < -0.39 is 10.0 Å². The third-order valence-electron chi connectivity index (χ3n) is 4.81. The van der Waals surface area contributed by atoms with Crippen LogP contribution in [-0.4, -0.2) is 33.5 Å². The molecule has 5 nitrogen and oxygen atoms in total. The zero-order valence-corrected chi connectivity index (χ0v) is 15.8. The van der Waals surface area contributed by atoms with Crippen molar-refractivity contribution in [3.05, 3.63) is 53.1 Å². The summed E-state index contributed by atoms with van der Waals surface area (Å²) in [6.07, 6.45) is 0.672. The lowest BCUT2D eigenvalue weighted by molar-refractivity contribution is 0.325. The van der Waals surface area contributed by atoms with E-state index in [0.29, 0.717) is 23.6 Å². The van der Waals surface area contributed by atoms with Crippen molar-refractivity contribution in [2.45, 2.75) is 31.2 Å². The molecule has 2 aromatic rings. The molecule has 0 N–H and O–H groups in total. The Morgan fingerprint density at radius 2 is 1.84 bits per heavy atom. The van der Waals surface area contributed by atoms with Crippen molar-refractivity contribution >= 4 is 10.0 Å². The second-order valence-electron chi connectivity index (χ2n) is 6.24. The Balaban J connectivity index is 1.97. The zero-order chi connectivity index (χ0) is 18.2. The van der Waals surface area contributed by atoms with Crippen LogP contribution in [0.5, 0.6) is 11.5 Å². The molecule has 1 unspecified atom stereocenters. The first-order valence-electron chi connectivity index (χ1n) is 8.21. The van der Waals surface area contributed by atoms with Crippen LogP contribution in [0.25, 0.3) is 0 Å². The summed E-state index contributed by atoms with van der Waals surface area (Å²) in [5.74, 6) is 1.48. The summed E-state index contributed by atoms with van der Waals surface area (Å²) < 4.78 is 38.4. The number of hydrogen-bond acceptors (Lipinski definition) is 4. The third kappa shape index (κ3) is 3.12. The van der Waals surface area contributed by atoms with E-state index in [1.807, 2.05) is 32.0 Å². The van der Waals surface area contributed by atoms with Gasteiger partial charge in [0.05, 0.1) is 19.1 Å². The Labute approximate surface area is 149 Å². The minimum Gasteiger partial charge on any atom is -0.497 e. The van der Waals surface area contributed by atoms with Crippen LogP contribution in [-0.2, 0) is 16.4 Å². The Morgan fingerprint density at radius 3 is 2.48 bits per heavy atom. The van der Waals surface area contributed by atoms with Gasteiger partial charge in [-0.2, -0.15) is 4.31 Å². The number of sulfonamides is 1. The Morgan fingerprint density at radius 1 is 1.08 bits per heavy atom. The lowest BCUT2D eigenvalue weighted by atomic mass is 9.95. The zero-order valence-electron chi connectivity index (χ0n) is 14.9. The van der Waals surface area contributed by atoms with Crippen LogP contribution in [0.2, 0.25) is 0 Å². The number of fused-ring (bicyclic) bond motifs is 1. The number of benzene rings is 2. The number of ether oxygens (including phenoxy) is 2. The molecule has 0 amide bonds. The topological polar surface area (TPSA) is 55.8 Å². The smallest absolute Gasteiger partial charge is 0.243 e. The number of nitrogens with zero attached hydrogens (tertiary/aromatic N) is 1. The van der Waals surface area contributed by atoms with Gasteiger partial charge < -0.3 is 9.47 Å². The van der Waals surface area contributed by atoms with Gasteiger partial charge in [-0.3, -0.25) is 0 Å². The van der Waals surface area contributed by atoms with E-state index in [4.69, 9.17) is 9.47 Å². The Kier molecular flexibility index (Phi) is 4.75. The third-order valence-corrected chi connectivity index (χ3v) is 6.77. The predicted molar refractivity (Wildman–Crippen MR) is 96.7 cm³/mol. The first-order chi connectivity index (χ1) is 11.9. The molecule has 3 rings (SSSR count). The average molecular weight is 361 g/mol. The lowest BCUT2D eigenvalue weighted by Crippen LogP contribution is -2.38. The largest absolute Gasteiger partial charge is 0.497 e. The monoisotopic (exact) mass is 361 g/mol. The van der Waals surface area contributed by atoms with Crippen LogP contribution in [0.1, 0.15) is 29.7 Å². The van der Waals surface area contributed by atoms with Gasteiger partial charge >= 0.3 is 0 Å². The fraction of sp³-hybridized carbons (Fsp3) is 0.368. The van der Waals surface area contributed by atoms with Crippen molar-refractivity contribution in [2.75, 3.05) is 20.8 Å². The molecule has 0 saturated heterocycles. The maximum Gasteiger partial charge on any atom is 0.243 e. The van der Waals surface area contributed by atoms with Gasteiger partial charge in [0.15, 0.2) is 0 Å². The molecule has 25 heavy (non-hydrogen) atoms. The quantitative estimate of drug-likeness (QED) is 0.838. The van der Waals surface area contributed by atoms with E-state index in [1.54, 1.807) is 36.7 Å². The summed E-state index contributed by atoms with van der Waals surface area (Å²) in [6.45, 7) is 4.23. The minimum atomic E-state index is -3.57. The maximum absolute atomic E-state index is 13.1. The average Bonchev–Trinajstić information content (AvgIpc) is 2.61. The highest BCUT2D eigenvalue weighted by Gasteiger charge is 2.34. The number of methoxy groups -OCH3 is 2. The number of rotatable bonds is 4. The lowest BCUT2D eigenvalue weighted by Gasteiger charge is -2.34. The van der Waals surface area contributed by atoms with E-state index in [-0.39, 0.29) is 6.04 Å². The highest BCUT2D eigenvalue weighted by molar-refractivity contribution is 7.89. The van der Waals surface area contributed by atoms with Crippen molar-refractivity contribution in [1.82, 2.24) is 4.31 Å². The molecule has 0 saturated carbocycles. The van der Waals surface area contributed by atoms with Crippen molar-refractivity contribution in [1.29, 1.82) is 0 Å². The normalized spacial score (nSPS) is 17.8. The molecular weight excluding hydrogens is 338 g/mol. The summed E-state index contributed by atoms with van der Waals surface area (Å²) in [5.41, 5.74) is 2.98. The number of aryl methyl sites for hydroxylation is 1. The molecule has 1 aliphatic heterocycles. The van der Waals surface area contributed by atoms with Gasteiger partial charge in [0, 0.05) is 12.6 Å². The van der Waals surface area contributed by atoms with Crippen LogP contribution in [0, 0.1) is 6.92 Å². The molecular formula is C19H23NO4S. The van der Waals surface area contributed by atoms with Gasteiger partial charge in [0.25, 0.3) is 0 Å². The van der Waals surface area contributed by atoms with Crippen molar-refractivity contribution in [3.63, 3.8) is 0 Å².